The van der Waals surface area contributed by atoms with Crippen molar-refractivity contribution in [2.75, 3.05) is 65.6 Å². The molecule has 0 amide bonds. The molecule has 5 heteroatoms. The number of piperazine rings is 1. The molecule has 0 radical (unpaired) electrons. The first-order valence-electron chi connectivity index (χ1n) is 9.93. The van der Waals surface area contributed by atoms with Crippen molar-refractivity contribution in [1.29, 1.82) is 0 Å². The second-order valence-corrected chi connectivity index (χ2v) is 7.36. The van der Waals surface area contributed by atoms with Crippen LogP contribution in [0.2, 0.25) is 0 Å². The fourth-order valence-corrected chi connectivity index (χ4v) is 3.74. The minimum absolute atomic E-state index is 0.212. The highest BCUT2D eigenvalue weighted by Gasteiger charge is 2.28. The minimum atomic E-state index is 0.212. The maximum Gasteiger partial charge on any atom is 0.149 e. The predicted octanol–water partition coefficient (Wildman–Crippen LogP) is 1.72. The van der Waals surface area contributed by atoms with E-state index in [2.05, 4.69) is 35.5 Å². The molecule has 5 nitrogen and oxygen atoms in total. The summed E-state index contributed by atoms with van der Waals surface area (Å²) in [4.78, 5) is 19.6. The standard InChI is InChI=1S/C19H37N3O2/c1-4-17(3)19(23)16-21-10-12-22(13-11-21)18-6-8-20(9-7-18)14-15-24-5-2/h17-18H,4-16H2,1-3H3. The van der Waals surface area contributed by atoms with Gasteiger partial charge in [0.1, 0.15) is 5.78 Å². The number of carbonyl (C=O) groups excluding carboxylic acids is 1. The van der Waals surface area contributed by atoms with Gasteiger partial charge in [0.2, 0.25) is 0 Å². The first-order valence-corrected chi connectivity index (χ1v) is 9.93. The highest BCUT2D eigenvalue weighted by Crippen LogP contribution is 2.18. The molecule has 1 atom stereocenters. The fraction of sp³-hybridized carbons (Fsp3) is 0.947. The molecule has 2 fully saturated rings. The van der Waals surface area contributed by atoms with Crippen molar-refractivity contribution < 1.29 is 9.53 Å². The van der Waals surface area contributed by atoms with Gasteiger partial charge in [-0.05, 0) is 39.3 Å². The van der Waals surface area contributed by atoms with Gasteiger partial charge in [0.15, 0.2) is 0 Å². The summed E-state index contributed by atoms with van der Waals surface area (Å²) < 4.78 is 5.46. The third-order valence-corrected chi connectivity index (χ3v) is 5.78. The van der Waals surface area contributed by atoms with Crippen LogP contribution in [0.4, 0.5) is 0 Å². The van der Waals surface area contributed by atoms with Crippen LogP contribution in [-0.2, 0) is 9.53 Å². The van der Waals surface area contributed by atoms with Gasteiger partial charge in [0.25, 0.3) is 0 Å². The summed E-state index contributed by atoms with van der Waals surface area (Å²) in [6.45, 7) is 16.4. The molecule has 0 N–H and O–H groups in total. The van der Waals surface area contributed by atoms with Gasteiger partial charge in [0, 0.05) is 51.3 Å². The molecular formula is C19H37N3O2. The molecule has 0 saturated carbocycles. The zero-order valence-corrected chi connectivity index (χ0v) is 16.0. The van der Waals surface area contributed by atoms with E-state index in [0.29, 0.717) is 12.3 Å². The van der Waals surface area contributed by atoms with Crippen molar-refractivity contribution in [3.8, 4) is 0 Å². The lowest BCUT2D eigenvalue weighted by Gasteiger charge is -2.42. The van der Waals surface area contributed by atoms with E-state index in [1.54, 1.807) is 0 Å². The van der Waals surface area contributed by atoms with Gasteiger partial charge in [-0.15, -0.1) is 0 Å². The van der Waals surface area contributed by atoms with Gasteiger partial charge in [-0.2, -0.15) is 0 Å². The summed E-state index contributed by atoms with van der Waals surface area (Å²) in [5.74, 6) is 0.623. The number of ketones is 1. The fourth-order valence-electron chi connectivity index (χ4n) is 3.74. The number of nitrogens with zero attached hydrogens (tertiary/aromatic N) is 3. The van der Waals surface area contributed by atoms with Gasteiger partial charge in [-0.3, -0.25) is 14.6 Å². The van der Waals surface area contributed by atoms with Crippen molar-refractivity contribution in [2.45, 2.75) is 46.1 Å². The maximum atomic E-state index is 12.1. The molecule has 2 saturated heterocycles. The summed E-state index contributed by atoms with van der Waals surface area (Å²) in [6, 6.07) is 0.737. The smallest absolute Gasteiger partial charge is 0.149 e. The second-order valence-electron chi connectivity index (χ2n) is 7.36. The molecule has 0 aromatic heterocycles. The van der Waals surface area contributed by atoms with Gasteiger partial charge >= 0.3 is 0 Å². The van der Waals surface area contributed by atoms with Crippen molar-refractivity contribution in [2.24, 2.45) is 5.92 Å². The molecule has 2 aliphatic rings. The Hall–Kier alpha value is -0.490. The van der Waals surface area contributed by atoms with E-state index in [0.717, 1.165) is 58.4 Å². The van der Waals surface area contributed by atoms with Crippen molar-refractivity contribution >= 4 is 5.78 Å². The number of Topliss-reactive ketones (excluding diaryl/α,β-unsaturated/α-hetero) is 1. The Morgan fingerprint density at radius 1 is 1.04 bits per heavy atom. The number of likely N-dealkylation sites (tertiary alicyclic amines) is 1. The Morgan fingerprint density at radius 3 is 2.29 bits per heavy atom. The molecule has 2 heterocycles. The van der Waals surface area contributed by atoms with E-state index in [4.69, 9.17) is 4.74 Å². The average Bonchev–Trinajstić information content (AvgIpc) is 2.62. The third-order valence-electron chi connectivity index (χ3n) is 5.78. The Kier molecular flexibility index (Phi) is 8.67. The van der Waals surface area contributed by atoms with Crippen molar-refractivity contribution in [1.82, 2.24) is 14.7 Å². The number of ether oxygens (including phenoxy) is 1. The van der Waals surface area contributed by atoms with Gasteiger partial charge in [0.05, 0.1) is 13.2 Å². The van der Waals surface area contributed by atoms with E-state index in [-0.39, 0.29) is 5.92 Å². The number of hydrogen-bond acceptors (Lipinski definition) is 5. The number of rotatable bonds is 9. The summed E-state index contributed by atoms with van der Waals surface area (Å²) >= 11 is 0. The molecule has 2 rings (SSSR count). The van der Waals surface area contributed by atoms with Crippen LogP contribution in [0.3, 0.4) is 0 Å². The van der Waals surface area contributed by atoms with Crippen molar-refractivity contribution in [3.63, 3.8) is 0 Å². The first-order chi connectivity index (χ1) is 11.6. The van der Waals surface area contributed by atoms with Crippen LogP contribution in [0.5, 0.6) is 0 Å². The van der Waals surface area contributed by atoms with E-state index in [1.165, 1.54) is 25.9 Å². The lowest BCUT2D eigenvalue weighted by Crippen LogP contribution is -2.54. The number of carbonyl (C=O) groups is 1. The van der Waals surface area contributed by atoms with Crippen LogP contribution in [-0.4, -0.2) is 92.1 Å². The topological polar surface area (TPSA) is 36.0 Å². The Bertz CT molecular complexity index is 362. The Balaban J connectivity index is 1.64. The molecule has 1 unspecified atom stereocenters. The van der Waals surface area contributed by atoms with Crippen LogP contribution in [0.25, 0.3) is 0 Å². The zero-order valence-electron chi connectivity index (χ0n) is 16.0. The molecule has 0 aliphatic carbocycles. The van der Waals surface area contributed by atoms with E-state index in [1.807, 2.05) is 0 Å². The monoisotopic (exact) mass is 339 g/mol. The minimum Gasteiger partial charge on any atom is -0.380 e. The van der Waals surface area contributed by atoms with E-state index >= 15 is 0 Å². The lowest BCUT2D eigenvalue weighted by molar-refractivity contribution is -0.124. The predicted molar refractivity (Wildman–Crippen MR) is 98.4 cm³/mol. The van der Waals surface area contributed by atoms with Crippen LogP contribution < -0.4 is 0 Å². The Morgan fingerprint density at radius 2 is 1.71 bits per heavy atom. The second kappa shape index (κ2) is 10.5. The molecule has 24 heavy (non-hydrogen) atoms. The summed E-state index contributed by atoms with van der Waals surface area (Å²) in [6.07, 6.45) is 3.51. The lowest BCUT2D eigenvalue weighted by atomic mass is 10.0. The highest BCUT2D eigenvalue weighted by atomic mass is 16.5. The summed E-state index contributed by atoms with van der Waals surface area (Å²) in [7, 11) is 0. The molecular weight excluding hydrogens is 302 g/mol. The first kappa shape index (κ1) is 19.8. The van der Waals surface area contributed by atoms with Crippen molar-refractivity contribution in [3.05, 3.63) is 0 Å². The van der Waals surface area contributed by atoms with E-state index in [9.17, 15) is 4.79 Å². The summed E-state index contributed by atoms with van der Waals surface area (Å²) in [5.41, 5.74) is 0. The summed E-state index contributed by atoms with van der Waals surface area (Å²) in [5, 5.41) is 0. The van der Waals surface area contributed by atoms with Crippen LogP contribution >= 0.6 is 0 Å². The van der Waals surface area contributed by atoms with Crippen LogP contribution in [0.15, 0.2) is 0 Å². The maximum absolute atomic E-state index is 12.1. The van der Waals surface area contributed by atoms with Gasteiger partial charge in [-0.25, -0.2) is 0 Å². The quantitative estimate of drug-likeness (QED) is 0.598. The molecule has 0 aromatic rings. The molecule has 0 aromatic carbocycles. The number of hydrogen-bond donors (Lipinski definition) is 0. The van der Waals surface area contributed by atoms with Gasteiger partial charge < -0.3 is 9.64 Å². The third kappa shape index (κ3) is 6.10. The number of piperidine rings is 1. The average molecular weight is 340 g/mol. The Labute approximate surface area is 148 Å². The molecule has 140 valence electrons. The van der Waals surface area contributed by atoms with Crippen LogP contribution in [0, 0.1) is 5.92 Å². The molecule has 0 bridgehead atoms. The van der Waals surface area contributed by atoms with Crippen LogP contribution in [0.1, 0.15) is 40.0 Å². The largest absolute Gasteiger partial charge is 0.380 e. The normalized spacial score (nSPS) is 23.5. The SMILES string of the molecule is CCOCCN1CCC(N2CCN(CC(=O)C(C)CC)CC2)CC1. The molecule has 2 aliphatic heterocycles. The molecule has 0 spiro atoms. The zero-order chi connectivity index (χ0) is 17.4. The van der Waals surface area contributed by atoms with E-state index < -0.39 is 0 Å². The highest BCUT2D eigenvalue weighted by molar-refractivity contribution is 5.82. The van der Waals surface area contributed by atoms with Gasteiger partial charge in [-0.1, -0.05) is 13.8 Å².